The van der Waals surface area contributed by atoms with Crippen LogP contribution in [0.5, 0.6) is 0 Å². The van der Waals surface area contributed by atoms with E-state index < -0.39 is 36.3 Å². The average molecular weight is 520 g/mol. The van der Waals surface area contributed by atoms with Crippen LogP contribution in [0, 0.1) is 12.4 Å². The monoisotopic (exact) mass is 519 g/mol. The third-order valence-electron chi connectivity index (χ3n) is 5.73. The molecule has 0 radical (unpaired) electrons. The standard InChI is InChI=1S/C28H29FN4O5/c1-17(2)26-24(13-12-22(34)14-23(35)15-25(36)37)33(21-10-6-19(29)7-11-21)32-27(26)28(38)31-16-18-4-8-20(30-3)9-5-18/h4-13,17,22-23,34-35H,14-16H2,1-2H3,(H,31,38)(H,36,37)/p-1/b13-12+/t22-,23-/m1/s1. The molecule has 0 saturated carbocycles. The van der Waals surface area contributed by atoms with Crippen molar-refractivity contribution in [3.63, 3.8) is 0 Å². The molecule has 0 aliphatic heterocycles. The number of benzene rings is 2. The summed E-state index contributed by atoms with van der Waals surface area (Å²) in [5.41, 5.74) is 2.96. The molecule has 2 atom stereocenters. The molecule has 3 rings (SSSR count). The van der Waals surface area contributed by atoms with Crippen molar-refractivity contribution in [3.8, 4) is 5.69 Å². The number of carbonyl (C=O) groups excluding carboxylic acids is 2. The summed E-state index contributed by atoms with van der Waals surface area (Å²) in [5, 5.41) is 38.2. The Balaban J connectivity index is 1.96. The van der Waals surface area contributed by atoms with E-state index in [0.717, 1.165) is 5.56 Å². The van der Waals surface area contributed by atoms with Crippen molar-refractivity contribution in [2.75, 3.05) is 0 Å². The van der Waals surface area contributed by atoms with Crippen molar-refractivity contribution < 1.29 is 29.3 Å². The molecule has 0 saturated heterocycles. The minimum absolute atomic E-state index is 0.147. The average Bonchev–Trinajstić information content (AvgIpc) is 3.26. The lowest BCUT2D eigenvalue weighted by Gasteiger charge is -2.14. The molecule has 0 unspecified atom stereocenters. The van der Waals surface area contributed by atoms with Crippen LogP contribution in [0.3, 0.4) is 0 Å². The molecule has 0 aliphatic carbocycles. The summed E-state index contributed by atoms with van der Waals surface area (Å²) in [5.74, 6) is -2.49. The molecule has 9 nitrogen and oxygen atoms in total. The Morgan fingerprint density at radius 2 is 1.82 bits per heavy atom. The van der Waals surface area contributed by atoms with E-state index >= 15 is 0 Å². The predicted molar refractivity (Wildman–Crippen MR) is 137 cm³/mol. The Morgan fingerprint density at radius 1 is 1.16 bits per heavy atom. The highest BCUT2D eigenvalue weighted by atomic mass is 19.1. The number of nitrogens with one attached hydrogen (secondary N) is 1. The molecule has 1 aromatic heterocycles. The van der Waals surface area contributed by atoms with Gasteiger partial charge in [-0.1, -0.05) is 44.2 Å². The lowest BCUT2D eigenvalue weighted by Crippen LogP contribution is -2.29. The molecule has 2 aromatic carbocycles. The smallest absolute Gasteiger partial charge is 0.272 e. The summed E-state index contributed by atoms with van der Waals surface area (Å²) in [6.45, 7) is 11.0. The Morgan fingerprint density at radius 3 is 2.39 bits per heavy atom. The van der Waals surface area contributed by atoms with E-state index in [4.69, 9.17) is 6.57 Å². The van der Waals surface area contributed by atoms with Crippen LogP contribution < -0.4 is 10.4 Å². The predicted octanol–water partition coefficient (Wildman–Crippen LogP) is 2.88. The second-order valence-corrected chi connectivity index (χ2v) is 9.04. The summed E-state index contributed by atoms with van der Waals surface area (Å²) in [6.07, 6.45) is -0.399. The largest absolute Gasteiger partial charge is 0.550 e. The minimum Gasteiger partial charge on any atom is -0.550 e. The number of halogens is 1. The zero-order valence-corrected chi connectivity index (χ0v) is 21.0. The van der Waals surface area contributed by atoms with Crippen molar-refractivity contribution in [1.82, 2.24) is 15.1 Å². The number of nitrogens with zero attached hydrogens (tertiary/aromatic N) is 3. The van der Waals surface area contributed by atoms with Gasteiger partial charge in [-0.15, -0.1) is 0 Å². The first-order valence-corrected chi connectivity index (χ1v) is 12.0. The minimum atomic E-state index is -1.43. The van der Waals surface area contributed by atoms with Crippen molar-refractivity contribution in [2.24, 2.45) is 0 Å². The van der Waals surface area contributed by atoms with Gasteiger partial charge in [-0.2, -0.15) is 5.10 Å². The fourth-order valence-electron chi connectivity index (χ4n) is 3.91. The van der Waals surface area contributed by atoms with Gasteiger partial charge in [0.15, 0.2) is 11.4 Å². The number of carboxylic acid groups (broad SMARTS) is 1. The molecular formula is C28H28FN4O5-. The van der Waals surface area contributed by atoms with E-state index in [-0.39, 0.29) is 24.6 Å². The number of aliphatic hydroxyl groups excluding tert-OH is 2. The van der Waals surface area contributed by atoms with Crippen molar-refractivity contribution in [2.45, 2.75) is 51.4 Å². The molecule has 0 spiro atoms. The number of hydrogen-bond donors (Lipinski definition) is 3. The lowest BCUT2D eigenvalue weighted by molar-refractivity contribution is -0.307. The van der Waals surface area contributed by atoms with Gasteiger partial charge >= 0.3 is 0 Å². The summed E-state index contributed by atoms with van der Waals surface area (Å²) < 4.78 is 15.1. The molecule has 0 fully saturated rings. The number of hydrogen-bond acceptors (Lipinski definition) is 6. The molecule has 1 heterocycles. The van der Waals surface area contributed by atoms with Crippen LogP contribution in [0.25, 0.3) is 16.6 Å². The van der Waals surface area contributed by atoms with Crippen molar-refractivity contribution in [3.05, 3.63) is 94.4 Å². The molecular weight excluding hydrogens is 491 g/mol. The van der Waals surface area contributed by atoms with E-state index in [1.807, 2.05) is 13.8 Å². The topological polar surface area (TPSA) is 132 Å². The first kappa shape index (κ1) is 28.2. The van der Waals surface area contributed by atoms with Crippen LogP contribution in [-0.4, -0.2) is 44.1 Å². The van der Waals surface area contributed by atoms with Gasteiger partial charge in [0.25, 0.3) is 5.91 Å². The highest BCUT2D eigenvalue weighted by Gasteiger charge is 2.25. The Labute approximate surface area is 219 Å². The fraction of sp³-hybridized carbons (Fsp3) is 0.286. The highest BCUT2D eigenvalue weighted by Crippen LogP contribution is 2.28. The number of aliphatic carboxylic acids is 1. The Bertz CT molecular complexity index is 1340. The van der Waals surface area contributed by atoms with Gasteiger partial charge in [0.05, 0.1) is 30.2 Å². The summed E-state index contributed by atoms with van der Waals surface area (Å²) >= 11 is 0. The van der Waals surface area contributed by atoms with Crippen molar-refractivity contribution >= 4 is 23.6 Å². The summed E-state index contributed by atoms with van der Waals surface area (Å²) in [6, 6.07) is 12.4. The van der Waals surface area contributed by atoms with Crippen LogP contribution in [-0.2, 0) is 11.3 Å². The van der Waals surface area contributed by atoms with Crippen LogP contribution in [0.1, 0.15) is 59.9 Å². The van der Waals surface area contributed by atoms with Gasteiger partial charge in [-0.3, -0.25) is 4.79 Å². The number of carboxylic acids is 1. The molecule has 10 heteroatoms. The molecule has 1 amide bonds. The molecule has 38 heavy (non-hydrogen) atoms. The zero-order valence-electron chi connectivity index (χ0n) is 21.0. The van der Waals surface area contributed by atoms with E-state index in [1.165, 1.54) is 35.0 Å². The van der Waals surface area contributed by atoms with Gasteiger partial charge in [-0.05, 0) is 41.8 Å². The molecule has 3 aromatic rings. The molecule has 0 bridgehead atoms. The van der Waals surface area contributed by atoms with E-state index in [2.05, 4.69) is 15.3 Å². The maximum Gasteiger partial charge on any atom is 0.272 e. The third-order valence-corrected chi connectivity index (χ3v) is 5.73. The van der Waals surface area contributed by atoms with Crippen LogP contribution in [0.2, 0.25) is 0 Å². The van der Waals surface area contributed by atoms with Gasteiger partial charge in [0.2, 0.25) is 0 Å². The van der Waals surface area contributed by atoms with Crippen molar-refractivity contribution in [1.29, 1.82) is 0 Å². The molecule has 0 aliphatic rings. The van der Waals surface area contributed by atoms with Crippen LogP contribution >= 0.6 is 0 Å². The summed E-state index contributed by atoms with van der Waals surface area (Å²) in [7, 11) is 0. The van der Waals surface area contributed by atoms with E-state index in [9.17, 15) is 29.3 Å². The maximum absolute atomic E-state index is 13.6. The van der Waals surface area contributed by atoms with E-state index in [1.54, 1.807) is 30.3 Å². The van der Waals surface area contributed by atoms with Gasteiger partial charge in [0.1, 0.15) is 5.82 Å². The van der Waals surface area contributed by atoms with E-state index in [0.29, 0.717) is 22.6 Å². The fourth-order valence-corrected chi connectivity index (χ4v) is 3.91. The maximum atomic E-state index is 13.6. The second-order valence-electron chi connectivity index (χ2n) is 9.04. The molecule has 3 N–H and O–H groups in total. The molecule has 198 valence electrons. The van der Waals surface area contributed by atoms with Gasteiger partial charge < -0.3 is 25.4 Å². The number of aromatic nitrogens is 2. The summed E-state index contributed by atoms with van der Waals surface area (Å²) in [4.78, 5) is 27.3. The first-order chi connectivity index (χ1) is 18.1. The van der Waals surface area contributed by atoms with Gasteiger partial charge in [0, 0.05) is 30.9 Å². The first-order valence-electron chi connectivity index (χ1n) is 12.0. The highest BCUT2D eigenvalue weighted by molar-refractivity contribution is 5.95. The quantitative estimate of drug-likeness (QED) is 0.334. The number of amides is 1. The third kappa shape index (κ3) is 7.35. The number of aliphatic hydroxyl groups is 2. The normalized spacial score (nSPS) is 12.9. The second kappa shape index (κ2) is 12.8. The number of carbonyl (C=O) groups is 2. The zero-order chi connectivity index (χ0) is 27.8. The SMILES string of the molecule is [C-]#[N+]c1ccc(CNC(=O)c2nn(-c3ccc(F)cc3)c(/C=C/[C@@H](O)C[C@@H](O)CC(=O)[O-])c2C(C)C)cc1. The Kier molecular flexibility index (Phi) is 9.49. The van der Waals surface area contributed by atoms with Gasteiger partial charge in [-0.25, -0.2) is 13.9 Å². The van der Waals surface area contributed by atoms with Crippen LogP contribution in [0.15, 0.2) is 54.6 Å². The number of rotatable bonds is 11. The Hall–Kier alpha value is -4.33. The lowest BCUT2D eigenvalue weighted by atomic mass is 9.98. The van der Waals surface area contributed by atoms with Crippen LogP contribution in [0.4, 0.5) is 10.1 Å².